The minimum Gasteiger partial charge on any atom is -0.389 e. The summed E-state index contributed by atoms with van der Waals surface area (Å²) in [6.07, 6.45) is 1.98. The van der Waals surface area contributed by atoms with Crippen LogP contribution in [0, 0.1) is 29.1 Å². The van der Waals surface area contributed by atoms with E-state index in [-0.39, 0.29) is 47.2 Å². The number of nitrogens with one attached hydrogen (secondary N) is 1. The molecule has 3 saturated heterocycles. The first kappa shape index (κ1) is 23.3. The van der Waals surface area contributed by atoms with E-state index in [0.717, 1.165) is 5.56 Å². The Bertz CT molecular complexity index is 1090. The van der Waals surface area contributed by atoms with Crippen LogP contribution in [0.15, 0.2) is 42.5 Å². The van der Waals surface area contributed by atoms with Crippen LogP contribution in [0.5, 0.6) is 0 Å². The van der Waals surface area contributed by atoms with E-state index in [1.54, 1.807) is 6.92 Å². The molecule has 2 aliphatic carbocycles. The predicted octanol–water partition coefficient (Wildman–Crippen LogP) is 1.80. The summed E-state index contributed by atoms with van der Waals surface area (Å²) in [5, 5.41) is 26.3. The number of Topliss-reactive ketones (excluding diaryl/α,β-unsaturated/α-hetero) is 1. The van der Waals surface area contributed by atoms with Crippen LogP contribution < -0.4 is 5.32 Å². The number of epoxide rings is 2. The lowest BCUT2D eigenvalue weighted by Gasteiger charge is -2.49. The number of rotatable bonds is 2. The van der Waals surface area contributed by atoms with Crippen LogP contribution in [-0.2, 0) is 25.5 Å². The van der Waals surface area contributed by atoms with E-state index in [1.165, 1.54) is 6.92 Å². The van der Waals surface area contributed by atoms with Crippen molar-refractivity contribution in [2.45, 2.75) is 82.2 Å². The standard InChI is InChI=1S/C28H35NO6/c1-14-9-8-12-17-23-27(4,35-23)15(2)19-18(13-16-10-6-5-7-11-16)29-25(32)28(17,19)22(31)20-24(34-20)26(3,33)21(14)30/h5-8,10-12,14-15,17-20,22-24,31,33H,9,13H2,1-4H3,(H,29,32)/b12-8+/t14-,15-,17-,18-,19+,20-,22+,23-,24+,26-,27+,28-/m0/s1. The van der Waals surface area contributed by atoms with Crippen molar-refractivity contribution in [3.05, 3.63) is 48.0 Å². The number of hydrogen-bond acceptors (Lipinski definition) is 6. The summed E-state index contributed by atoms with van der Waals surface area (Å²) in [5.41, 5.74) is -2.18. The smallest absolute Gasteiger partial charge is 0.230 e. The molecular weight excluding hydrogens is 446 g/mol. The van der Waals surface area contributed by atoms with Crippen LogP contribution in [0.3, 0.4) is 0 Å². The summed E-state index contributed by atoms with van der Waals surface area (Å²) >= 11 is 0. The van der Waals surface area contributed by atoms with Gasteiger partial charge in [0.05, 0.1) is 23.2 Å². The molecule has 7 heteroatoms. The quantitative estimate of drug-likeness (QED) is 0.439. The number of hydrogen-bond donors (Lipinski definition) is 3. The van der Waals surface area contributed by atoms with Gasteiger partial charge in [-0.15, -0.1) is 0 Å². The van der Waals surface area contributed by atoms with Crippen LogP contribution in [0.25, 0.3) is 0 Å². The Morgan fingerprint density at radius 1 is 1.11 bits per heavy atom. The third kappa shape index (κ3) is 3.05. The number of fused-ring (bicyclic) bond motifs is 3. The summed E-state index contributed by atoms with van der Waals surface area (Å²) in [6, 6.07) is 9.87. The van der Waals surface area contributed by atoms with Gasteiger partial charge in [0.2, 0.25) is 5.91 Å². The number of carbonyl (C=O) groups excluding carboxylic acids is 2. The molecule has 1 saturated carbocycles. The maximum absolute atomic E-state index is 14.0. The molecule has 0 aromatic heterocycles. The molecule has 5 aliphatic rings. The van der Waals surface area contributed by atoms with Crippen molar-refractivity contribution in [1.82, 2.24) is 5.32 Å². The maximum atomic E-state index is 14.0. The van der Waals surface area contributed by atoms with Crippen molar-refractivity contribution in [2.75, 3.05) is 0 Å². The Labute approximate surface area is 205 Å². The van der Waals surface area contributed by atoms with Crippen molar-refractivity contribution in [1.29, 1.82) is 0 Å². The van der Waals surface area contributed by atoms with Gasteiger partial charge in [-0.2, -0.15) is 0 Å². The molecule has 1 aromatic carbocycles. The second kappa shape index (κ2) is 7.48. The highest BCUT2D eigenvalue weighted by atomic mass is 16.6. The molecule has 1 aromatic rings. The molecule has 4 fully saturated rings. The van der Waals surface area contributed by atoms with Crippen molar-refractivity contribution in [2.24, 2.45) is 29.1 Å². The van der Waals surface area contributed by atoms with Crippen LogP contribution in [-0.4, -0.2) is 63.6 Å². The zero-order valence-corrected chi connectivity index (χ0v) is 20.7. The highest BCUT2D eigenvalue weighted by Crippen LogP contribution is 2.68. The molecular formula is C28H35NO6. The maximum Gasteiger partial charge on any atom is 0.230 e. The minimum absolute atomic E-state index is 0.00264. The van der Waals surface area contributed by atoms with Crippen molar-refractivity contribution in [3.8, 4) is 0 Å². The molecule has 3 heterocycles. The van der Waals surface area contributed by atoms with Crippen molar-refractivity contribution >= 4 is 11.7 Å². The first-order chi connectivity index (χ1) is 16.5. The summed E-state index contributed by atoms with van der Waals surface area (Å²) in [4.78, 5) is 27.1. The van der Waals surface area contributed by atoms with Crippen LogP contribution in [0.2, 0.25) is 0 Å². The molecule has 0 radical (unpaired) electrons. The summed E-state index contributed by atoms with van der Waals surface area (Å²) in [6.45, 7) is 7.49. The fourth-order valence-corrected chi connectivity index (χ4v) is 7.74. The first-order valence-corrected chi connectivity index (χ1v) is 12.8. The summed E-state index contributed by atoms with van der Waals surface area (Å²) in [7, 11) is 0. The third-order valence-electron chi connectivity index (χ3n) is 9.86. The highest BCUT2D eigenvalue weighted by Gasteiger charge is 2.80. The van der Waals surface area contributed by atoms with Gasteiger partial charge in [-0.05, 0) is 38.2 Å². The van der Waals surface area contributed by atoms with Crippen molar-refractivity contribution in [3.63, 3.8) is 0 Å². The topological polar surface area (TPSA) is 112 Å². The monoisotopic (exact) mass is 481 g/mol. The lowest BCUT2D eigenvalue weighted by molar-refractivity contribution is -0.148. The van der Waals surface area contributed by atoms with Gasteiger partial charge in [0.1, 0.15) is 17.8 Å². The number of carbonyl (C=O) groups is 2. The normalized spacial score (nSPS) is 53.3. The molecule has 35 heavy (non-hydrogen) atoms. The molecule has 6 rings (SSSR count). The second-order valence-corrected chi connectivity index (χ2v) is 11.8. The van der Waals surface area contributed by atoms with Crippen LogP contribution in [0.1, 0.15) is 39.7 Å². The van der Waals surface area contributed by atoms with Gasteiger partial charge < -0.3 is 25.0 Å². The predicted molar refractivity (Wildman–Crippen MR) is 127 cm³/mol. The summed E-state index contributed by atoms with van der Waals surface area (Å²) in [5.74, 6) is -1.48. The molecule has 1 spiro atoms. The van der Waals surface area contributed by atoms with Gasteiger partial charge in [-0.1, -0.05) is 56.3 Å². The highest BCUT2D eigenvalue weighted by molar-refractivity contribution is 5.91. The van der Waals surface area contributed by atoms with Gasteiger partial charge >= 0.3 is 0 Å². The SMILES string of the molecule is C[C@H]1C/C=C/[C@H]2[C@@H]3O[C@]3(C)[C@@H](C)[C@@H]3[C@H](Cc4ccccc4)NC(=O)[C@]32[C@H](O)[C@@H]2O[C@H]2[C@@](C)(O)C1=O. The fourth-order valence-electron chi connectivity index (χ4n) is 7.74. The van der Waals surface area contributed by atoms with Crippen LogP contribution >= 0.6 is 0 Å². The number of allylic oxidation sites excluding steroid dienone is 1. The minimum atomic E-state index is -1.73. The lowest BCUT2D eigenvalue weighted by atomic mass is 9.50. The van der Waals surface area contributed by atoms with E-state index in [4.69, 9.17) is 9.47 Å². The number of aliphatic hydroxyl groups is 2. The fraction of sp³-hybridized carbons (Fsp3) is 0.643. The summed E-state index contributed by atoms with van der Waals surface area (Å²) < 4.78 is 12.1. The Kier molecular flexibility index (Phi) is 4.99. The molecule has 0 bridgehead atoms. The molecule has 12 atom stereocenters. The Balaban J connectivity index is 1.47. The first-order valence-electron chi connectivity index (χ1n) is 12.8. The zero-order valence-electron chi connectivity index (χ0n) is 20.7. The number of amides is 1. The molecule has 188 valence electrons. The molecule has 7 nitrogen and oxygen atoms in total. The lowest BCUT2D eigenvalue weighted by Crippen LogP contribution is -2.61. The molecule has 1 amide bonds. The molecule has 0 unspecified atom stereocenters. The average Bonchev–Trinajstić information content (AvgIpc) is 3.73. The average molecular weight is 482 g/mol. The Morgan fingerprint density at radius 3 is 2.54 bits per heavy atom. The van der Waals surface area contributed by atoms with E-state index in [0.29, 0.717) is 12.8 Å². The van der Waals surface area contributed by atoms with Gasteiger partial charge in [-0.3, -0.25) is 9.59 Å². The van der Waals surface area contributed by atoms with Gasteiger partial charge in [-0.25, -0.2) is 0 Å². The van der Waals surface area contributed by atoms with Gasteiger partial charge in [0.15, 0.2) is 5.78 Å². The number of aliphatic hydroxyl groups excluding tert-OH is 1. The molecule has 3 N–H and O–H groups in total. The number of ether oxygens (including phenoxy) is 2. The zero-order chi connectivity index (χ0) is 24.9. The Hall–Kier alpha value is -2.06. The number of benzene rings is 1. The van der Waals surface area contributed by atoms with Gasteiger partial charge in [0.25, 0.3) is 0 Å². The van der Waals surface area contributed by atoms with E-state index in [9.17, 15) is 19.8 Å². The second-order valence-electron chi connectivity index (χ2n) is 11.8. The van der Waals surface area contributed by atoms with E-state index in [1.807, 2.05) is 30.4 Å². The van der Waals surface area contributed by atoms with Crippen molar-refractivity contribution < 1.29 is 29.3 Å². The molecule has 3 aliphatic heterocycles. The largest absolute Gasteiger partial charge is 0.389 e. The Morgan fingerprint density at radius 2 is 1.83 bits per heavy atom. The van der Waals surface area contributed by atoms with E-state index >= 15 is 0 Å². The van der Waals surface area contributed by atoms with E-state index in [2.05, 4.69) is 31.3 Å². The van der Waals surface area contributed by atoms with E-state index < -0.39 is 35.2 Å². The van der Waals surface area contributed by atoms with Crippen LogP contribution in [0.4, 0.5) is 0 Å². The third-order valence-corrected chi connectivity index (χ3v) is 9.86. The number of ketones is 1. The van der Waals surface area contributed by atoms with Gasteiger partial charge in [0, 0.05) is 23.8 Å².